The summed E-state index contributed by atoms with van der Waals surface area (Å²) in [5, 5.41) is 3.49. The number of nitrogens with one attached hydrogen (secondary N) is 1. The van der Waals surface area contributed by atoms with Crippen molar-refractivity contribution in [2.45, 2.75) is 23.8 Å². The summed E-state index contributed by atoms with van der Waals surface area (Å²) < 4.78 is 14.7. The van der Waals surface area contributed by atoms with Crippen molar-refractivity contribution in [3.63, 3.8) is 0 Å². The molecule has 1 heterocycles. The molecule has 2 rings (SSSR count). The van der Waals surface area contributed by atoms with Gasteiger partial charge in [0.05, 0.1) is 5.25 Å². The van der Waals surface area contributed by atoms with Crippen molar-refractivity contribution in [2.24, 2.45) is 7.05 Å². The van der Waals surface area contributed by atoms with Crippen molar-refractivity contribution < 1.29 is 9.18 Å². The van der Waals surface area contributed by atoms with E-state index in [0.29, 0.717) is 13.0 Å². The molecule has 1 amide bonds. The van der Waals surface area contributed by atoms with E-state index in [4.69, 9.17) is 0 Å². The minimum Gasteiger partial charge on any atom is -0.355 e. The molecule has 0 aliphatic rings. The smallest absolute Gasteiger partial charge is 0.233 e. The first-order valence-electron chi connectivity index (χ1n) is 6.72. The predicted octanol–water partition coefficient (Wildman–Crippen LogP) is 2.40. The zero-order chi connectivity index (χ0) is 15.2. The molecule has 1 aromatic heterocycles. The number of carbonyl (C=O) groups excluding carboxylic acids is 1. The van der Waals surface area contributed by atoms with Gasteiger partial charge in [0.15, 0.2) is 5.16 Å². The summed E-state index contributed by atoms with van der Waals surface area (Å²) in [4.78, 5) is 16.2. The minimum atomic E-state index is -0.247. The van der Waals surface area contributed by atoms with Crippen molar-refractivity contribution in [1.29, 1.82) is 0 Å². The standard InChI is InChI=1S/C15H18FN3OS/c1-11(21-15-18-9-10-19(15)2)14(20)17-8-7-12-3-5-13(16)6-4-12/h3-6,9-11H,7-8H2,1-2H3,(H,17,20)/t11-/m0/s1. The maximum atomic E-state index is 12.8. The molecule has 4 nitrogen and oxygen atoms in total. The first kappa shape index (κ1) is 15.6. The van der Waals surface area contributed by atoms with Gasteiger partial charge in [0.2, 0.25) is 5.91 Å². The lowest BCUT2D eigenvalue weighted by Crippen LogP contribution is -2.32. The second kappa shape index (κ2) is 7.26. The highest BCUT2D eigenvalue weighted by atomic mass is 32.2. The molecule has 0 saturated carbocycles. The first-order chi connectivity index (χ1) is 10.1. The number of imidazole rings is 1. The van der Waals surface area contributed by atoms with Gasteiger partial charge >= 0.3 is 0 Å². The second-order valence-electron chi connectivity index (χ2n) is 4.75. The van der Waals surface area contributed by atoms with E-state index in [-0.39, 0.29) is 17.0 Å². The Balaban J connectivity index is 1.76. The number of aromatic nitrogens is 2. The van der Waals surface area contributed by atoms with Crippen molar-refractivity contribution in [3.8, 4) is 0 Å². The average molecular weight is 307 g/mol. The number of carbonyl (C=O) groups is 1. The lowest BCUT2D eigenvalue weighted by molar-refractivity contribution is -0.120. The van der Waals surface area contributed by atoms with E-state index in [2.05, 4.69) is 10.3 Å². The molecular formula is C15H18FN3OS. The Hall–Kier alpha value is -1.82. The van der Waals surface area contributed by atoms with Crippen molar-refractivity contribution >= 4 is 17.7 Å². The zero-order valence-corrected chi connectivity index (χ0v) is 12.9. The summed E-state index contributed by atoms with van der Waals surface area (Å²) in [5.41, 5.74) is 1.00. The molecule has 21 heavy (non-hydrogen) atoms. The Kier molecular flexibility index (Phi) is 5.38. The number of aryl methyl sites for hydroxylation is 1. The molecule has 2 aromatic rings. The van der Waals surface area contributed by atoms with E-state index in [0.717, 1.165) is 10.7 Å². The zero-order valence-electron chi connectivity index (χ0n) is 12.0. The normalized spacial score (nSPS) is 12.1. The number of rotatable bonds is 6. The Bertz CT molecular complexity index is 597. The maximum Gasteiger partial charge on any atom is 0.233 e. The summed E-state index contributed by atoms with van der Waals surface area (Å²) in [6, 6.07) is 6.31. The van der Waals surface area contributed by atoms with Crippen LogP contribution in [0.25, 0.3) is 0 Å². The average Bonchev–Trinajstić information content (AvgIpc) is 2.86. The van der Waals surface area contributed by atoms with Crippen LogP contribution in [0.5, 0.6) is 0 Å². The number of hydrogen-bond donors (Lipinski definition) is 1. The van der Waals surface area contributed by atoms with Crippen LogP contribution in [0.1, 0.15) is 12.5 Å². The molecule has 0 radical (unpaired) electrons. The molecule has 6 heteroatoms. The summed E-state index contributed by atoms with van der Waals surface area (Å²) in [6.45, 7) is 2.39. The van der Waals surface area contributed by atoms with Crippen molar-refractivity contribution in [2.75, 3.05) is 6.54 Å². The fraction of sp³-hybridized carbons (Fsp3) is 0.333. The minimum absolute atomic E-state index is 0.0230. The van der Waals surface area contributed by atoms with Gasteiger partial charge in [-0.25, -0.2) is 9.37 Å². The molecule has 112 valence electrons. The van der Waals surface area contributed by atoms with Crippen LogP contribution in [-0.4, -0.2) is 27.3 Å². The number of benzene rings is 1. The third-order valence-corrected chi connectivity index (χ3v) is 4.23. The first-order valence-corrected chi connectivity index (χ1v) is 7.60. The van der Waals surface area contributed by atoms with Crippen LogP contribution >= 0.6 is 11.8 Å². The van der Waals surface area contributed by atoms with Gasteiger partial charge in [0.1, 0.15) is 5.82 Å². The fourth-order valence-corrected chi connectivity index (χ4v) is 2.66. The topological polar surface area (TPSA) is 46.9 Å². The number of nitrogens with zero attached hydrogens (tertiary/aromatic N) is 2. The van der Waals surface area contributed by atoms with E-state index in [1.807, 2.05) is 24.7 Å². The van der Waals surface area contributed by atoms with Gasteiger partial charge in [-0.2, -0.15) is 0 Å². The van der Waals surface area contributed by atoms with E-state index in [1.165, 1.54) is 23.9 Å². The predicted molar refractivity (Wildman–Crippen MR) is 81.6 cm³/mol. The molecule has 1 atom stereocenters. The molecule has 0 fully saturated rings. The SMILES string of the molecule is C[C@H](Sc1nccn1C)C(=O)NCCc1ccc(F)cc1. The summed E-state index contributed by atoms with van der Waals surface area (Å²) in [5.74, 6) is -0.270. The third kappa shape index (κ3) is 4.60. The van der Waals surface area contributed by atoms with Gasteiger partial charge in [0.25, 0.3) is 0 Å². The van der Waals surface area contributed by atoms with Gasteiger partial charge in [-0.05, 0) is 31.0 Å². The van der Waals surface area contributed by atoms with E-state index < -0.39 is 0 Å². The fourth-order valence-electron chi connectivity index (χ4n) is 1.80. The third-order valence-electron chi connectivity index (χ3n) is 3.05. The Morgan fingerprint density at radius 1 is 1.43 bits per heavy atom. The van der Waals surface area contributed by atoms with Gasteiger partial charge in [-0.15, -0.1) is 0 Å². The second-order valence-corrected chi connectivity index (χ2v) is 6.06. The van der Waals surface area contributed by atoms with E-state index >= 15 is 0 Å². The Labute approximate surface area is 127 Å². The summed E-state index contributed by atoms with van der Waals surface area (Å²) >= 11 is 1.42. The molecule has 0 aliphatic heterocycles. The summed E-state index contributed by atoms with van der Waals surface area (Å²) in [7, 11) is 1.90. The lowest BCUT2D eigenvalue weighted by Gasteiger charge is -2.11. The highest BCUT2D eigenvalue weighted by molar-refractivity contribution is 8.00. The van der Waals surface area contributed by atoms with Crippen LogP contribution in [0.4, 0.5) is 4.39 Å². The molecule has 0 bridgehead atoms. The highest BCUT2D eigenvalue weighted by Gasteiger charge is 2.15. The largest absolute Gasteiger partial charge is 0.355 e. The van der Waals surface area contributed by atoms with Crippen LogP contribution < -0.4 is 5.32 Å². The number of hydrogen-bond acceptors (Lipinski definition) is 3. The Morgan fingerprint density at radius 3 is 2.76 bits per heavy atom. The molecule has 0 aliphatic carbocycles. The Morgan fingerprint density at radius 2 is 2.14 bits per heavy atom. The lowest BCUT2D eigenvalue weighted by atomic mass is 10.1. The van der Waals surface area contributed by atoms with Crippen molar-refractivity contribution in [1.82, 2.24) is 14.9 Å². The quantitative estimate of drug-likeness (QED) is 0.834. The van der Waals surface area contributed by atoms with Gasteiger partial charge < -0.3 is 9.88 Å². The molecular weight excluding hydrogens is 289 g/mol. The van der Waals surface area contributed by atoms with Crippen LogP contribution in [0.15, 0.2) is 41.8 Å². The molecule has 1 aromatic carbocycles. The molecule has 1 N–H and O–H groups in total. The maximum absolute atomic E-state index is 12.8. The van der Waals surface area contributed by atoms with Crippen LogP contribution in [0.2, 0.25) is 0 Å². The van der Waals surface area contributed by atoms with Gasteiger partial charge in [-0.3, -0.25) is 4.79 Å². The van der Waals surface area contributed by atoms with E-state index in [1.54, 1.807) is 18.3 Å². The van der Waals surface area contributed by atoms with Gasteiger partial charge in [-0.1, -0.05) is 23.9 Å². The highest BCUT2D eigenvalue weighted by Crippen LogP contribution is 2.20. The summed E-state index contributed by atoms with van der Waals surface area (Å²) in [6.07, 6.45) is 4.24. The monoisotopic (exact) mass is 307 g/mol. The van der Waals surface area contributed by atoms with Crippen LogP contribution in [0, 0.1) is 5.82 Å². The molecule has 0 spiro atoms. The van der Waals surface area contributed by atoms with Crippen molar-refractivity contribution in [3.05, 3.63) is 48.0 Å². The van der Waals surface area contributed by atoms with Crippen LogP contribution in [0.3, 0.4) is 0 Å². The number of thioether (sulfide) groups is 1. The van der Waals surface area contributed by atoms with E-state index in [9.17, 15) is 9.18 Å². The number of halogens is 1. The molecule has 0 saturated heterocycles. The van der Waals surface area contributed by atoms with Crippen LogP contribution in [-0.2, 0) is 18.3 Å². The van der Waals surface area contributed by atoms with Gasteiger partial charge in [0, 0.05) is 26.0 Å². The molecule has 0 unspecified atom stereocenters. The number of amides is 1.